The third-order valence-corrected chi connectivity index (χ3v) is 4.56. The van der Waals surface area contributed by atoms with E-state index in [0.29, 0.717) is 18.6 Å². The summed E-state index contributed by atoms with van der Waals surface area (Å²) in [6.07, 6.45) is 1.73. The average Bonchev–Trinajstić information content (AvgIpc) is 3.17. The predicted octanol–water partition coefficient (Wildman–Crippen LogP) is 3.19. The molecule has 144 valence electrons. The minimum atomic E-state index is -0.336. The lowest BCUT2D eigenvalue weighted by atomic mass is 10.2. The van der Waals surface area contributed by atoms with E-state index >= 15 is 0 Å². The largest absolute Gasteiger partial charge is 0.347 e. The van der Waals surface area contributed by atoms with Crippen molar-refractivity contribution in [2.75, 3.05) is 0 Å². The molecule has 0 spiro atoms. The molecule has 2 heterocycles. The molecule has 2 aromatic heterocycles. The lowest BCUT2D eigenvalue weighted by Crippen LogP contribution is -2.26. The molecule has 0 radical (unpaired) electrons. The quantitative estimate of drug-likeness (QED) is 0.536. The van der Waals surface area contributed by atoms with Crippen LogP contribution in [0.1, 0.15) is 32.2 Å². The van der Waals surface area contributed by atoms with Gasteiger partial charge in [-0.3, -0.25) is 14.0 Å². The highest BCUT2D eigenvalue weighted by molar-refractivity contribution is 6.02. The molecule has 6 heteroatoms. The van der Waals surface area contributed by atoms with E-state index in [1.807, 2.05) is 66.7 Å². The number of aromatic nitrogens is 2. The van der Waals surface area contributed by atoms with Crippen LogP contribution >= 0.6 is 0 Å². The summed E-state index contributed by atoms with van der Waals surface area (Å²) in [6, 6.07) is 24.7. The predicted molar refractivity (Wildman–Crippen MR) is 110 cm³/mol. The highest BCUT2D eigenvalue weighted by Crippen LogP contribution is 2.14. The Kier molecular flexibility index (Phi) is 5.33. The number of hydrogen-bond donors (Lipinski definition) is 2. The summed E-state index contributed by atoms with van der Waals surface area (Å²) >= 11 is 0. The Morgan fingerprint density at radius 1 is 0.724 bits per heavy atom. The van der Waals surface area contributed by atoms with Gasteiger partial charge < -0.3 is 10.6 Å². The zero-order valence-electron chi connectivity index (χ0n) is 15.7. The van der Waals surface area contributed by atoms with Gasteiger partial charge >= 0.3 is 0 Å². The van der Waals surface area contributed by atoms with Gasteiger partial charge in [0.05, 0.1) is 5.52 Å². The second kappa shape index (κ2) is 8.39. The highest BCUT2D eigenvalue weighted by Gasteiger charge is 2.21. The molecule has 0 aliphatic rings. The molecule has 0 saturated carbocycles. The molecule has 0 fully saturated rings. The average molecular weight is 384 g/mol. The van der Waals surface area contributed by atoms with Crippen LogP contribution in [0, 0.1) is 0 Å². The van der Waals surface area contributed by atoms with Crippen molar-refractivity contribution in [3.63, 3.8) is 0 Å². The standard InChI is InChI=1S/C23H20N4O2/c28-22(24-15-17-9-3-1-4-10-17)20-19-13-7-8-14-27(19)21(26-20)23(29)25-16-18-11-5-2-6-12-18/h1-14H,15-16H2,(H,24,28)(H,25,29). The van der Waals surface area contributed by atoms with Crippen molar-refractivity contribution in [2.45, 2.75) is 13.1 Å². The molecule has 2 aromatic carbocycles. The first-order valence-corrected chi connectivity index (χ1v) is 9.34. The maximum atomic E-state index is 12.7. The molecular formula is C23H20N4O2. The number of nitrogens with zero attached hydrogens (tertiary/aromatic N) is 2. The first-order valence-electron chi connectivity index (χ1n) is 9.34. The van der Waals surface area contributed by atoms with E-state index in [9.17, 15) is 9.59 Å². The fraction of sp³-hybridized carbons (Fsp3) is 0.0870. The van der Waals surface area contributed by atoms with E-state index in [4.69, 9.17) is 0 Å². The van der Waals surface area contributed by atoms with E-state index in [1.54, 1.807) is 22.7 Å². The zero-order valence-corrected chi connectivity index (χ0v) is 15.7. The van der Waals surface area contributed by atoms with Crippen LogP contribution in [0.5, 0.6) is 0 Å². The van der Waals surface area contributed by atoms with Crippen molar-refractivity contribution >= 4 is 17.3 Å². The van der Waals surface area contributed by atoms with Crippen molar-refractivity contribution < 1.29 is 9.59 Å². The summed E-state index contributed by atoms with van der Waals surface area (Å²) in [5, 5.41) is 5.73. The van der Waals surface area contributed by atoms with Gasteiger partial charge in [-0.05, 0) is 23.3 Å². The summed E-state index contributed by atoms with van der Waals surface area (Å²) in [7, 11) is 0. The lowest BCUT2D eigenvalue weighted by molar-refractivity contribution is 0.0939. The number of carbonyl (C=O) groups is 2. The molecule has 0 aliphatic carbocycles. The third kappa shape index (κ3) is 4.16. The Hall–Kier alpha value is -3.93. The summed E-state index contributed by atoms with van der Waals surface area (Å²) in [5.41, 5.74) is 2.79. The van der Waals surface area contributed by atoms with Crippen LogP contribution in [-0.2, 0) is 13.1 Å². The number of carbonyl (C=O) groups excluding carboxylic acids is 2. The maximum Gasteiger partial charge on any atom is 0.287 e. The molecular weight excluding hydrogens is 364 g/mol. The van der Waals surface area contributed by atoms with Gasteiger partial charge in [0.15, 0.2) is 5.69 Å². The first kappa shape index (κ1) is 18.4. The van der Waals surface area contributed by atoms with Gasteiger partial charge in [0, 0.05) is 19.3 Å². The molecule has 29 heavy (non-hydrogen) atoms. The van der Waals surface area contributed by atoms with Crippen molar-refractivity contribution in [1.29, 1.82) is 0 Å². The van der Waals surface area contributed by atoms with Crippen LogP contribution in [-0.4, -0.2) is 21.2 Å². The number of imidazole rings is 1. The van der Waals surface area contributed by atoms with Crippen molar-refractivity contribution in [2.24, 2.45) is 0 Å². The van der Waals surface area contributed by atoms with Crippen molar-refractivity contribution in [3.05, 3.63) is 108 Å². The Labute approximate surface area is 168 Å². The second-order valence-corrected chi connectivity index (χ2v) is 6.58. The number of nitrogens with one attached hydrogen (secondary N) is 2. The number of fused-ring (bicyclic) bond motifs is 1. The Balaban J connectivity index is 1.54. The molecule has 2 N–H and O–H groups in total. The molecule has 0 bridgehead atoms. The van der Waals surface area contributed by atoms with Gasteiger partial charge in [-0.2, -0.15) is 0 Å². The molecule has 4 aromatic rings. The topological polar surface area (TPSA) is 75.5 Å². The van der Waals surface area contributed by atoms with Crippen LogP contribution in [0.25, 0.3) is 5.52 Å². The van der Waals surface area contributed by atoms with Crippen molar-refractivity contribution in [1.82, 2.24) is 20.0 Å². The minimum Gasteiger partial charge on any atom is -0.347 e. The Bertz CT molecular complexity index is 1050. The smallest absolute Gasteiger partial charge is 0.287 e. The van der Waals surface area contributed by atoms with Crippen LogP contribution < -0.4 is 10.6 Å². The van der Waals surface area contributed by atoms with Crippen LogP contribution in [0.15, 0.2) is 85.1 Å². The van der Waals surface area contributed by atoms with Gasteiger partial charge in [-0.15, -0.1) is 0 Å². The van der Waals surface area contributed by atoms with Crippen LogP contribution in [0.4, 0.5) is 0 Å². The van der Waals surface area contributed by atoms with Gasteiger partial charge in [-0.25, -0.2) is 4.98 Å². The fourth-order valence-electron chi connectivity index (χ4n) is 3.08. The number of amides is 2. The summed E-state index contributed by atoms with van der Waals surface area (Å²) in [4.78, 5) is 29.8. The van der Waals surface area contributed by atoms with Gasteiger partial charge in [0.2, 0.25) is 5.82 Å². The molecule has 6 nitrogen and oxygen atoms in total. The normalized spacial score (nSPS) is 10.6. The molecule has 0 atom stereocenters. The molecule has 2 amide bonds. The summed E-state index contributed by atoms with van der Waals surface area (Å²) < 4.78 is 1.64. The van der Waals surface area contributed by atoms with Gasteiger partial charge in [0.25, 0.3) is 11.8 Å². The summed E-state index contributed by atoms with van der Waals surface area (Å²) in [6.45, 7) is 0.776. The third-order valence-electron chi connectivity index (χ3n) is 4.56. The monoisotopic (exact) mass is 384 g/mol. The lowest BCUT2D eigenvalue weighted by Gasteiger charge is -2.04. The number of benzene rings is 2. The summed E-state index contributed by atoms with van der Waals surface area (Å²) in [5.74, 6) is -0.474. The molecule has 0 unspecified atom stereocenters. The van der Waals surface area contributed by atoms with Gasteiger partial charge in [-0.1, -0.05) is 66.7 Å². The van der Waals surface area contributed by atoms with Gasteiger partial charge in [0.1, 0.15) is 0 Å². The van der Waals surface area contributed by atoms with Crippen molar-refractivity contribution in [3.8, 4) is 0 Å². The van der Waals surface area contributed by atoms with E-state index in [1.165, 1.54) is 0 Å². The van der Waals surface area contributed by atoms with Crippen LogP contribution in [0.2, 0.25) is 0 Å². The second-order valence-electron chi connectivity index (χ2n) is 6.58. The molecule has 0 saturated heterocycles. The Morgan fingerprint density at radius 3 is 1.90 bits per heavy atom. The minimum absolute atomic E-state index is 0.182. The van der Waals surface area contributed by atoms with E-state index in [0.717, 1.165) is 11.1 Å². The van der Waals surface area contributed by atoms with Crippen LogP contribution in [0.3, 0.4) is 0 Å². The zero-order chi connectivity index (χ0) is 20.1. The van der Waals surface area contributed by atoms with E-state index < -0.39 is 0 Å². The maximum absolute atomic E-state index is 12.7. The highest BCUT2D eigenvalue weighted by atomic mass is 16.2. The first-order chi connectivity index (χ1) is 14.2. The van der Waals surface area contributed by atoms with E-state index in [-0.39, 0.29) is 23.3 Å². The fourth-order valence-corrected chi connectivity index (χ4v) is 3.08. The molecule has 4 rings (SSSR count). The Morgan fingerprint density at radius 2 is 1.28 bits per heavy atom. The SMILES string of the molecule is O=C(NCc1ccccc1)c1nc(C(=O)NCc2ccccc2)n2ccccc12. The number of rotatable bonds is 6. The molecule has 0 aliphatic heterocycles. The van der Waals surface area contributed by atoms with E-state index in [2.05, 4.69) is 15.6 Å². The number of hydrogen-bond acceptors (Lipinski definition) is 3. The number of pyridine rings is 1.